The number of fused-ring (bicyclic) bond motifs is 1. The Bertz CT molecular complexity index is 1240. The van der Waals surface area contributed by atoms with E-state index >= 15 is 0 Å². The van der Waals surface area contributed by atoms with Crippen LogP contribution in [0.25, 0.3) is 21.7 Å². The number of nitrogens with zero attached hydrogens (tertiary/aromatic N) is 4. The number of amides is 1. The van der Waals surface area contributed by atoms with Crippen molar-refractivity contribution < 1.29 is 13.7 Å². The smallest absolute Gasteiger partial charge is 0.258 e. The van der Waals surface area contributed by atoms with Crippen LogP contribution in [-0.4, -0.2) is 45.1 Å². The standard InChI is InChI=1S/C21H18FN5O2S/c1-12-23-19(29-26-12)15-4-2-3-5-16(15)20(28)27-9-8-14(11-27)24-21-25-17-7-6-13(22)10-18(17)30-21/h2-7,10,14H,8-9,11H2,1H3,(H,24,25). The van der Waals surface area contributed by atoms with Gasteiger partial charge in [-0.1, -0.05) is 28.6 Å². The molecule has 3 heterocycles. The second kappa shape index (κ2) is 7.49. The van der Waals surface area contributed by atoms with Crippen LogP contribution in [-0.2, 0) is 0 Å². The summed E-state index contributed by atoms with van der Waals surface area (Å²) in [5.41, 5.74) is 1.93. The van der Waals surface area contributed by atoms with Crippen LogP contribution in [0.2, 0.25) is 0 Å². The van der Waals surface area contributed by atoms with E-state index < -0.39 is 0 Å². The summed E-state index contributed by atoms with van der Waals surface area (Å²) in [7, 11) is 0. The molecule has 0 saturated carbocycles. The average Bonchev–Trinajstić information content (AvgIpc) is 3.47. The van der Waals surface area contributed by atoms with Crippen molar-refractivity contribution in [2.24, 2.45) is 0 Å². The molecular formula is C21H18FN5O2S. The topological polar surface area (TPSA) is 84.2 Å². The summed E-state index contributed by atoms with van der Waals surface area (Å²) in [4.78, 5) is 23.8. The summed E-state index contributed by atoms with van der Waals surface area (Å²) in [6, 6.07) is 11.9. The van der Waals surface area contributed by atoms with E-state index in [1.807, 2.05) is 23.1 Å². The number of aromatic nitrogens is 3. The molecule has 9 heteroatoms. The van der Waals surface area contributed by atoms with E-state index in [1.54, 1.807) is 19.1 Å². The first kappa shape index (κ1) is 18.7. The maximum absolute atomic E-state index is 13.4. The lowest BCUT2D eigenvalue weighted by Gasteiger charge is -2.18. The molecule has 1 fully saturated rings. The normalized spacial score (nSPS) is 16.3. The highest BCUT2D eigenvalue weighted by Gasteiger charge is 2.29. The third-order valence-corrected chi connectivity index (χ3v) is 6.02. The first-order valence-corrected chi connectivity index (χ1v) is 10.4. The molecule has 30 heavy (non-hydrogen) atoms. The molecule has 0 bridgehead atoms. The number of aryl methyl sites for hydroxylation is 1. The van der Waals surface area contributed by atoms with E-state index in [1.165, 1.54) is 23.5 Å². The van der Waals surface area contributed by atoms with Gasteiger partial charge in [0.15, 0.2) is 11.0 Å². The molecule has 1 saturated heterocycles. The van der Waals surface area contributed by atoms with Gasteiger partial charge in [-0.15, -0.1) is 0 Å². The van der Waals surface area contributed by atoms with Crippen molar-refractivity contribution in [2.75, 3.05) is 18.4 Å². The molecule has 2 aromatic heterocycles. The predicted octanol–water partition coefficient (Wildman–Crippen LogP) is 4.12. The molecule has 1 aliphatic heterocycles. The highest BCUT2D eigenvalue weighted by Crippen LogP contribution is 2.29. The van der Waals surface area contributed by atoms with Gasteiger partial charge in [0.1, 0.15) is 5.82 Å². The van der Waals surface area contributed by atoms with E-state index in [4.69, 9.17) is 4.52 Å². The summed E-state index contributed by atoms with van der Waals surface area (Å²) in [5.74, 6) is 0.517. The van der Waals surface area contributed by atoms with Crippen LogP contribution >= 0.6 is 11.3 Å². The second-order valence-corrected chi connectivity index (χ2v) is 8.24. The van der Waals surface area contributed by atoms with E-state index in [2.05, 4.69) is 20.4 Å². The van der Waals surface area contributed by atoms with Gasteiger partial charge in [-0.25, -0.2) is 9.37 Å². The van der Waals surface area contributed by atoms with Crippen LogP contribution in [0.3, 0.4) is 0 Å². The Hall–Kier alpha value is -3.33. The van der Waals surface area contributed by atoms with Crippen LogP contribution in [0, 0.1) is 12.7 Å². The first-order valence-electron chi connectivity index (χ1n) is 9.58. The predicted molar refractivity (Wildman–Crippen MR) is 112 cm³/mol. The van der Waals surface area contributed by atoms with Gasteiger partial charge >= 0.3 is 0 Å². The van der Waals surface area contributed by atoms with E-state index in [-0.39, 0.29) is 17.8 Å². The van der Waals surface area contributed by atoms with Gasteiger partial charge < -0.3 is 14.7 Å². The molecule has 4 aromatic rings. The minimum Gasteiger partial charge on any atom is -0.357 e. The Morgan fingerprint density at radius 1 is 1.27 bits per heavy atom. The number of nitrogens with one attached hydrogen (secondary N) is 1. The third-order valence-electron chi connectivity index (χ3n) is 5.07. The Labute approximate surface area is 175 Å². The molecule has 1 amide bonds. The molecular weight excluding hydrogens is 405 g/mol. The largest absolute Gasteiger partial charge is 0.357 e. The van der Waals surface area contributed by atoms with Gasteiger partial charge in [-0.2, -0.15) is 4.98 Å². The number of thiazole rings is 1. The van der Waals surface area contributed by atoms with Gasteiger partial charge in [0.2, 0.25) is 0 Å². The number of likely N-dealkylation sites (tertiary alicyclic amines) is 1. The SMILES string of the molecule is Cc1noc(-c2ccccc2C(=O)N2CCC(Nc3nc4ccc(F)cc4s3)C2)n1. The fraction of sp³-hybridized carbons (Fsp3) is 0.238. The van der Waals surface area contributed by atoms with Crippen LogP contribution in [0.1, 0.15) is 22.6 Å². The summed E-state index contributed by atoms with van der Waals surface area (Å²) in [6.07, 6.45) is 0.803. The van der Waals surface area contributed by atoms with E-state index in [9.17, 15) is 9.18 Å². The highest BCUT2D eigenvalue weighted by atomic mass is 32.1. The van der Waals surface area contributed by atoms with E-state index in [0.717, 1.165) is 21.8 Å². The highest BCUT2D eigenvalue weighted by molar-refractivity contribution is 7.22. The number of hydrogen-bond donors (Lipinski definition) is 1. The zero-order chi connectivity index (χ0) is 20.7. The zero-order valence-electron chi connectivity index (χ0n) is 16.1. The summed E-state index contributed by atoms with van der Waals surface area (Å²) < 4.78 is 19.5. The molecule has 0 spiro atoms. The fourth-order valence-corrected chi connectivity index (χ4v) is 4.60. The molecule has 1 unspecified atom stereocenters. The maximum Gasteiger partial charge on any atom is 0.258 e. The molecule has 5 rings (SSSR count). The molecule has 1 aliphatic rings. The molecule has 0 radical (unpaired) electrons. The van der Waals surface area contributed by atoms with Crippen molar-refractivity contribution >= 4 is 32.6 Å². The number of carbonyl (C=O) groups excluding carboxylic acids is 1. The number of benzene rings is 2. The lowest BCUT2D eigenvalue weighted by Crippen LogP contribution is -2.31. The lowest BCUT2D eigenvalue weighted by atomic mass is 10.1. The van der Waals surface area contributed by atoms with Crippen molar-refractivity contribution in [1.82, 2.24) is 20.0 Å². The van der Waals surface area contributed by atoms with Crippen LogP contribution in [0.15, 0.2) is 47.0 Å². The molecule has 2 aromatic carbocycles. The van der Waals surface area contributed by atoms with Crippen molar-refractivity contribution in [1.29, 1.82) is 0 Å². The minimum absolute atomic E-state index is 0.0721. The second-order valence-electron chi connectivity index (χ2n) is 7.20. The number of hydrogen-bond acceptors (Lipinski definition) is 7. The monoisotopic (exact) mass is 423 g/mol. The van der Waals surface area contributed by atoms with Crippen molar-refractivity contribution in [2.45, 2.75) is 19.4 Å². The minimum atomic E-state index is -0.273. The van der Waals surface area contributed by atoms with Crippen LogP contribution in [0.5, 0.6) is 0 Å². The number of anilines is 1. The van der Waals surface area contributed by atoms with Crippen LogP contribution in [0.4, 0.5) is 9.52 Å². The zero-order valence-corrected chi connectivity index (χ0v) is 16.9. The molecule has 0 aliphatic carbocycles. The Morgan fingerprint density at radius 3 is 2.97 bits per heavy atom. The Kier molecular flexibility index (Phi) is 4.66. The third kappa shape index (κ3) is 3.52. The molecule has 7 nitrogen and oxygen atoms in total. The first-order chi connectivity index (χ1) is 14.6. The molecule has 1 atom stereocenters. The summed E-state index contributed by atoms with van der Waals surface area (Å²) >= 11 is 1.41. The van der Waals surface area contributed by atoms with Gasteiger partial charge in [0.25, 0.3) is 11.8 Å². The fourth-order valence-electron chi connectivity index (χ4n) is 3.63. The molecule has 152 valence electrons. The average molecular weight is 423 g/mol. The van der Waals surface area contributed by atoms with Crippen molar-refractivity contribution in [3.8, 4) is 11.5 Å². The molecule has 1 N–H and O–H groups in total. The van der Waals surface area contributed by atoms with Crippen molar-refractivity contribution in [3.63, 3.8) is 0 Å². The number of rotatable bonds is 4. The Morgan fingerprint density at radius 2 is 2.13 bits per heavy atom. The lowest BCUT2D eigenvalue weighted by molar-refractivity contribution is 0.0792. The maximum atomic E-state index is 13.4. The van der Waals surface area contributed by atoms with Gasteiger partial charge in [0, 0.05) is 19.1 Å². The quantitative estimate of drug-likeness (QED) is 0.532. The van der Waals surface area contributed by atoms with E-state index in [0.29, 0.717) is 35.9 Å². The van der Waals surface area contributed by atoms with Gasteiger partial charge in [-0.05, 0) is 43.7 Å². The number of halogens is 1. The Balaban J connectivity index is 1.31. The summed E-state index contributed by atoms with van der Waals surface area (Å²) in [6.45, 7) is 2.93. The van der Waals surface area contributed by atoms with Crippen LogP contribution < -0.4 is 5.32 Å². The van der Waals surface area contributed by atoms with Gasteiger partial charge in [-0.3, -0.25) is 4.79 Å². The summed E-state index contributed by atoms with van der Waals surface area (Å²) in [5, 5.41) is 7.94. The number of carbonyl (C=O) groups is 1. The van der Waals surface area contributed by atoms with Crippen molar-refractivity contribution in [3.05, 3.63) is 59.7 Å². The van der Waals surface area contributed by atoms with Gasteiger partial charge in [0.05, 0.1) is 21.3 Å².